The van der Waals surface area contributed by atoms with E-state index in [9.17, 15) is 9.59 Å². The Bertz CT molecular complexity index is 813. The van der Waals surface area contributed by atoms with E-state index in [1.165, 1.54) is 114 Å². The molecule has 0 bridgehead atoms. The summed E-state index contributed by atoms with van der Waals surface area (Å²) in [6.45, 7) is 23.9. The summed E-state index contributed by atoms with van der Waals surface area (Å²) in [6, 6.07) is 0. The predicted molar refractivity (Wildman–Crippen MR) is 217 cm³/mol. The third-order valence-corrected chi connectivity index (χ3v) is 10.6. The van der Waals surface area contributed by atoms with Gasteiger partial charge in [-0.25, -0.2) is 0 Å². The molecule has 0 N–H and O–H groups in total. The zero-order valence-electron chi connectivity index (χ0n) is 35.2. The molecule has 0 unspecified atom stereocenters. The minimum atomic E-state index is -0.186. The Morgan fingerprint density at radius 2 is 0.680 bits per heavy atom. The summed E-state index contributed by atoms with van der Waals surface area (Å²) in [5.74, 6) is 4.57. The molecule has 0 amide bonds. The fourth-order valence-electron chi connectivity index (χ4n) is 6.86. The highest BCUT2D eigenvalue weighted by Crippen LogP contribution is 2.23. The van der Waals surface area contributed by atoms with Crippen LogP contribution >= 0.6 is 0 Å². The number of allylic oxidation sites excluding steroid dienone is 2. The maximum Gasteiger partial charge on any atom is 0.306 e. The molecule has 294 valence electrons. The summed E-state index contributed by atoms with van der Waals surface area (Å²) in [5.41, 5.74) is 2.60. The van der Waals surface area contributed by atoms with Crippen LogP contribution in [0.2, 0.25) is 0 Å². The van der Waals surface area contributed by atoms with Gasteiger partial charge in [-0.05, 0) is 100 Å². The fraction of sp³-hybridized carbons (Fsp3) is 0.870. The van der Waals surface area contributed by atoms with Crippen molar-refractivity contribution in [3.8, 4) is 0 Å². The summed E-state index contributed by atoms with van der Waals surface area (Å²) in [6.07, 6.45) is 29.5. The van der Waals surface area contributed by atoms with Crippen LogP contribution in [0.25, 0.3) is 0 Å². The van der Waals surface area contributed by atoms with Gasteiger partial charge in [0, 0.05) is 12.8 Å². The Balaban J connectivity index is 3.83. The zero-order valence-corrected chi connectivity index (χ0v) is 35.2. The van der Waals surface area contributed by atoms with Crippen molar-refractivity contribution >= 4 is 11.9 Å². The van der Waals surface area contributed by atoms with Crippen LogP contribution in [-0.2, 0) is 19.1 Å². The van der Waals surface area contributed by atoms with Gasteiger partial charge in [-0.3, -0.25) is 9.59 Å². The number of esters is 2. The molecule has 4 heteroatoms. The SMILES string of the molecule is CC(=CCOC(=O)CCCCC(=O)OCC=C(C)CCC[C@H](C)CCC[C@H](C)CCCC(C)C)CCC[C@H](C)CCC[C@H](C)CCCC(C)C. The zero-order chi connectivity index (χ0) is 37.6. The summed E-state index contributed by atoms with van der Waals surface area (Å²) >= 11 is 0. The van der Waals surface area contributed by atoms with E-state index in [-0.39, 0.29) is 11.9 Å². The highest BCUT2D eigenvalue weighted by atomic mass is 16.5. The van der Waals surface area contributed by atoms with Gasteiger partial charge in [0.05, 0.1) is 0 Å². The minimum absolute atomic E-state index is 0.186. The van der Waals surface area contributed by atoms with Crippen molar-refractivity contribution in [3.05, 3.63) is 23.3 Å². The van der Waals surface area contributed by atoms with E-state index in [1.807, 2.05) is 12.2 Å². The quantitative estimate of drug-likeness (QED) is 0.0388. The van der Waals surface area contributed by atoms with Gasteiger partial charge in [-0.2, -0.15) is 0 Å². The van der Waals surface area contributed by atoms with Crippen LogP contribution in [0.3, 0.4) is 0 Å². The Labute approximate surface area is 312 Å². The fourth-order valence-corrected chi connectivity index (χ4v) is 6.86. The van der Waals surface area contributed by atoms with Crippen molar-refractivity contribution in [1.82, 2.24) is 0 Å². The molecular weight excluding hydrogens is 617 g/mol. The van der Waals surface area contributed by atoms with Crippen LogP contribution in [0.4, 0.5) is 0 Å². The average Bonchev–Trinajstić information content (AvgIpc) is 3.02. The van der Waals surface area contributed by atoms with Gasteiger partial charge in [0.2, 0.25) is 0 Å². The number of ether oxygens (including phenoxy) is 2. The number of carbonyl (C=O) groups is 2. The molecule has 0 aromatic carbocycles. The average molecular weight is 703 g/mol. The molecule has 0 aliphatic rings. The Morgan fingerprint density at radius 3 is 0.980 bits per heavy atom. The number of unbranched alkanes of at least 4 members (excludes halogenated alkanes) is 1. The Kier molecular flexibility index (Phi) is 31.1. The maximum absolute atomic E-state index is 12.1. The van der Waals surface area contributed by atoms with Gasteiger partial charge in [0.25, 0.3) is 0 Å². The van der Waals surface area contributed by atoms with Crippen molar-refractivity contribution in [2.45, 2.75) is 210 Å². The van der Waals surface area contributed by atoms with E-state index in [0.29, 0.717) is 38.9 Å². The largest absolute Gasteiger partial charge is 0.461 e. The van der Waals surface area contributed by atoms with Crippen LogP contribution in [0.5, 0.6) is 0 Å². The van der Waals surface area contributed by atoms with Crippen LogP contribution < -0.4 is 0 Å². The second-order valence-corrected chi connectivity index (χ2v) is 17.4. The second kappa shape index (κ2) is 32.1. The van der Waals surface area contributed by atoms with Gasteiger partial charge >= 0.3 is 11.9 Å². The number of hydrogen-bond donors (Lipinski definition) is 0. The van der Waals surface area contributed by atoms with Crippen molar-refractivity contribution in [2.24, 2.45) is 35.5 Å². The topological polar surface area (TPSA) is 52.6 Å². The van der Waals surface area contributed by atoms with Crippen molar-refractivity contribution in [2.75, 3.05) is 13.2 Å². The van der Waals surface area contributed by atoms with Crippen molar-refractivity contribution < 1.29 is 19.1 Å². The smallest absolute Gasteiger partial charge is 0.306 e. The maximum atomic E-state index is 12.1. The second-order valence-electron chi connectivity index (χ2n) is 17.4. The van der Waals surface area contributed by atoms with Gasteiger partial charge in [-0.15, -0.1) is 0 Å². The van der Waals surface area contributed by atoms with Crippen LogP contribution in [-0.4, -0.2) is 25.2 Å². The van der Waals surface area contributed by atoms with E-state index >= 15 is 0 Å². The summed E-state index contributed by atoms with van der Waals surface area (Å²) in [7, 11) is 0. The first-order valence-electron chi connectivity index (χ1n) is 21.4. The van der Waals surface area contributed by atoms with Crippen molar-refractivity contribution in [3.63, 3.8) is 0 Å². The summed E-state index contributed by atoms with van der Waals surface area (Å²) < 4.78 is 10.8. The van der Waals surface area contributed by atoms with Crippen molar-refractivity contribution in [1.29, 1.82) is 0 Å². The molecule has 50 heavy (non-hydrogen) atoms. The van der Waals surface area contributed by atoms with Gasteiger partial charge < -0.3 is 9.47 Å². The molecule has 4 nitrogen and oxygen atoms in total. The standard InChI is InChI=1S/C46H86O4/c1-37(2)19-13-21-39(5)23-15-25-41(7)27-17-29-43(9)33-35-49-45(47)31-11-12-32-46(48)50-36-34-44(10)30-18-28-42(8)26-16-24-40(6)22-14-20-38(3)4/h33-34,37-42H,11-32,35-36H2,1-10H3/t39-,40-,41-,42-/m1/s1. The molecule has 0 saturated carbocycles. The van der Waals surface area contributed by atoms with Crippen LogP contribution in [0.1, 0.15) is 210 Å². The van der Waals surface area contributed by atoms with E-state index in [4.69, 9.17) is 9.47 Å². The molecule has 0 spiro atoms. The molecule has 0 rings (SSSR count). The highest BCUT2D eigenvalue weighted by molar-refractivity contribution is 5.70. The van der Waals surface area contributed by atoms with Gasteiger partial charge in [-0.1, -0.05) is 156 Å². The lowest BCUT2D eigenvalue weighted by molar-refractivity contribution is -0.144. The number of carbonyl (C=O) groups excluding carboxylic acids is 2. The van der Waals surface area contributed by atoms with E-state index in [1.54, 1.807) is 0 Å². The third kappa shape index (κ3) is 33.6. The molecule has 0 fully saturated rings. The molecule has 0 aromatic heterocycles. The molecular formula is C46H86O4. The summed E-state index contributed by atoms with van der Waals surface area (Å²) in [5, 5.41) is 0. The molecule has 0 saturated heterocycles. The molecule has 0 aliphatic carbocycles. The number of hydrogen-bond acceptors (Lipinski definition) is 4. The normalized spacial score (nSPS) is 15.0. The first kappa shape index (κ1) is 48.4. The molecule has 0 radical (unpaired) electrons. The van der Waals surface area contributed by atoms with E-state index in [0.717, 1.165) is 48.3 Å². The highest BCUT2D eigenvalue weighted by Gasteiger charge is 2.09. The van der Waals surface area contributed by atoms with E-state index < -0.39 is 0 Å². The first-order valence-corrected chi connectivity index (χ1v) is 21.4. The lowest BCUT2D eigenvalue weighted by atomic mass is 9.91. The lowest BCUT2D eigenvalue weighted by Crippen LogP contribution is -2.07. The Hall–Kier alpha value is -1.58. The lowest BCUT2D eigenvalue weighted by Gasteiger charge is -2.15. The summed E-state index contributed by atoms with van der Waals surface area (Å²) in [4.78, 5) is 24.3. The molecule has 0 aliphatic heterocycles. The molecule has 4 atom stereocenters. The van der Waals surface area contributed by atoms with Crippen LogP contribution in [0.15, 0.2) is 23.3 Å². The monoisotopic (exact) mass is 703 g/mol. The molecule has 0 heterocycles. The molecule has 0 aromatic rings. The minimum Gasteiger partial charge on any atom is -0.461 e. The van der Waals surface area contributed by atoms with E-state index in [2.05, 4.69) is 69.2 Å². The first-order chi connectivity index (χ1) is 23.8. The third-order valence-electron chi connectivity index (χ3n) is 10.6. The van der Waals surface area contributed by atoms with Crippen LogP contribution in [0, 0.1) is 35.5 Å². The van der Waals surface area contributed by atoms with Gasteiger partial charge in [0.1, 0.15) is 13.2 Å². The predicted octanol–water partition coefficient (Wildman–Crippen LogP) is 14.4. The number of rotatable bonds is 33. The Morgan fingerprint density at radius 1 is 0.400 bits per heavy atom. The van der Waals surface area contributed by atoms with Gasteiger partial charge in [0.15, 0.2) is 0 Å².